The highest BCUT2D eigenvalue weighted by molar-refractivity contribution is 8.00. The van der Waals surface area contributed by atoms with E-state index in [1.54, 1.807) is 24.3 Å². The first-order valence-corrected chi connectivity index (χ1v) is 8.23. The number of aromatic nitrogens is 3. The first-order valence-electron chi connectivity index (χ1n) is 7.35. The largest absolute Gasteiger partial charge is 0.451 e. The Bertz CT molecular complexity index is 728. The number of benzene rings is 1. The molecule has 1 aromatic heterocycles. The highest BCUT2D eigenvalue weighted by Gasteiger charge is 2.38. The van der Waals surface area contributed by atoms with E-state index in [-0.39, 0.29) is 17.1 Å². The van der Waals surface area contributed by atoms with Crippen LogP contribution in [0.15, 0.2) is 35.5 Å². The Balaban J connectivity index is 1.86. The number of hydrogen-bond donors (Lipinski definition) is 1. The summed E-state index contributed by atoms with van der Waals surface area (Å²) in [5.74, 6) is -1.32. The van der Waals surface area contributed by atoms with E-state index in [0.29, 0.717) is 5.56 Å². The Morgan fingerprint density at radius 3 is 2.50 bits per heavy atom. The molecule has 1 aliphatic rings. The molecule has 3 rings (SSSR count). The average Bonchev–Trinajstić information content (AvgIpc) is 3.26. The molecule has 0 spiro atoms. The van der Waals surface area contributed by atoms with Gasteiger partial charge in [-0.2, -0.15) is 13.2 Å². The maximum Gasteiger partial charge on any atom is 0.451 e. The zero-order chi connectivity index (χ0) is 17.3. The summed E-state index contributed by atoms with van der Waals surface area (Å²) in [5, 5.41) is 9.05. The van der Waals surface area contributed by atoms with Crippen molar-refractivity contribution in [3.05, 3.63) is 41.7 Å². The Labute approximate surface area is 140 Å². The lowest BCUT2D eigenvalue weighted by Gasteiger charge is -2.16. The molecule has 0 radical (unpaired) electrons. The van der Waals surface area contributed by atoms with Crippen molar-refractivity contribution in [1.82, 2.24) is 20.1 Å². The van der Waals surface area contributed by atoms with Gasteiger partial charge in [-0.15, -0.1) is 10.2 Å². The number of carbonyl (C=O) groups excluding carboxylic acids is 1. The van der Waals surface area contributed by atoms with Crippen LogP contribution >= 0.6 is 11.8 Å². The van der Waals surface area contributed by atoms with E-state index in [1.807, 2.05) is 6.07 Å². The van der Waals surface area contributed by atoms with Gasteiger partial charge in [0.15, 0.2) is 5.16 Å². The second kappa shape index (κ2) is 6.46. The summed E-state index contributed by atoms with van der Waals surface area (Å²) in [6, 6.07) is 9.08. The van der Waals surface area contributed by atoms with Crippen LogP contribution in [0.2, 0.25) is 0 Å². The smallest absolute Gasteiger partial charge is 0.352 e. The summed E-state index contributed by atoms with van der Waals surface area (Å²) < 4.78 is 39.4. The van der Waals surface area contributed by atoms with Crippen molar-refractivity contribution in [2.24, 2.45) is 7.05 Å². The fourth-order valence-corrected chi connectivity index (χ4v) is 3.19. The minimum atomic E-state index is -4.58. The zero-order valence-corrected chi connectivity index (χ0v) is 13.6. The molecule has 24 heavy (non-hydrogen) atoms. The maximum absolute atomic E-state index is 12.8. The molecule has 1 amide bonds. The van der Waals surface area contributed by atoms with E-state index in [4.69, 9.17) is 0 Å². The molecule has 9 heteroatoms. The Hall–Kier alpha value is -2.03. The van der Waals surface area contributed by atoms with Crippen LogP contribution in [0.4, 0.5) is 13.2 Å². The summed E-state index contributed by atoms with van der Waals surface area (Å²) in [7, 11) is 1.24. The topological polar surface area (TPSA) is 59.8 Å². The first kappa shape index (κ1) is 16.8. The average molecular weight is 356 g/mol. The molecule has 1 heterocycles. The molecular weight excluding hydrogens is 341 g/mol. The van der Waals surface area contributed by atoms with Gasteiger partial charge in [0, 0.05) is 13.1 Å². The molecule has 2 aromatic rings. The number of alkyl halides is 3. The standard InChI is InChI=1S/C15H15F3N4OS/c1-22-13(15(16,17)18)20-21-14(22)24-11(9-5-3-2-4-6-9)12(23)19-10-7-8-10/h2-6,10-11H,7-8H2,1H3,(H,19,23)/t11-/m1/s1. The van der Waals surface area contributed by atoms with Crippen LogP contribution in [0.3, 0.4) is 0 Å². The van der Waals surface area contributed by atoms with Gasteiger partial charge in [-0.3, -0.25) is 4.79 Å². The van der Waals surface area contributed by atoms with E-state index in [2.05, 4.69) is 15.5 Å². The number of hydrogen-bond acceptors (Lipinski definition) is 4. The minimum Gasteiger partial charge on any atom is -0.352 e. The third-order valence-corrected chi connectivity index (χ3v) is 4.86. The minimum absolute atomic E-state index is 0.0436. The predicted octanol–water partition coefficient (Wildman–Crippen LogP) is 2.95. The lowest BCUT2D eigenvalue weighted by atomic mass is 10.1. The van der Waals surface area contributed by atoms with Gasteiger partial charge in [-0.05, 0) is 18.4 Å². The van der Waals surface area contributed by atoms with Crippen LogP contribution in [-0.2, 0) is 18.0 Å². The van der Waals surface area contributed by atoms with Gasteiger partial charge >= 0.3 is 6.18 Å². The summed E-state index contributed by atoms with van der Waals surface area (Å²) in [5.41, 5.74) is 0.706. The third-order valence-electron chi connectivity index (χ3n) is 3.58. The molecule has 0 aliphatic heterocycles. The van der Waals surface area contributed by atoms with E-state index in [9.17, 15) is 18.0 Å². The zero-order valence-electron chi connectivity index (χ0n) is 12.7. The number of nitrogens with one attached hydrogen (secondary N) is 1. The van der Waals surface area contributed by atoms with E-state index in [0.717, 1.165) is 29.2 Å². The summed E-state index contributed by atoms with van der Waals surface area (Å²) in [6.45, 7) is 0. The predicted molar refractivity (Wildman–Crippen MR) is 82.2 cm³/mol. The highest BCUT2D eigenvalue weighted by atomic mass is 32.2. The lowest BCUT2D eigenvalue weighted by molar-refractivity contribution is -0.147. The van der Waals surface area contributed by atoms with E-state index < -0.39 is 17.3 Å². The first-order chi connectivity index (χ1) is 11.4. The molecule has 0 saturated heterocycles. The van der Waals surface area contributed by atoms with E-state index in [1.165, 1.54) is 7.05 Å². The molecule has 1 atom stereocenters. The summed E-state index contributed by atoms with van der Waals surface area (Å²) in [6.07, 6.45) is -2.72. The number of rotatable bonds is 5. The van der Waals surface area contributed by atoms with Crippen LogP contribution in [0.5, 0.6) is 0 Å². The van der Waals surface area contributed by atoms with Crippen LogP contribution in [0.1, 0.15) is 29.5 Å². The second-order valence-electron chi connectivity index (χ2n) is 5.55. The summed E-state index contributed by atoms with van der Waals surface area (Å²) in [4.78, 5) is 12.5. The van der Waals surface area contributed by atoms with Crippen LogP contribution in [0.25, 0.3) is 0 Å². The molecule has 0 unspecified atom stereocenters. The van der Waals surface area contributed by atoms with Gasteiger partial charge in [-0.25, -0.2) is 0 Å². The monoisotopic (exact) mass is 356 g/mol. The molecule has 1 aliphatic carbocycles. The van der Waals surface area contributed by atoms with Gasteiger partial charge in [-0.1, -0.05) is 42.1 Å². The van der Waals surface area contributed by atoms with Crippen molar-refractivity contribution in [3.63, 3.8) is 0 Å². The Morgan fingerprint density at radius 2 is 1.96 bits per heavy atom. The Kier molecular flexibility index (Phi) is 4.53. The molecule has 0 bridgehead atoms. The number of amides is 1. The lowest BCUT2D eigenvalue weighted by Crippen LogP contribution is -2.30. The van der Waals surface area contributed by atoms with Crippen molar-refractivity contribution >= 4 is 17.7 Å². The van der Waals surface area contributed by atoms with E-state index >= 15 is 0 Å². The van der Waals surface area contributed by atoms with Gasteiger partial charge in [0.1, 0.15) is 5.25 Å². The fourth-order valence-electron chi connectivity index (χ4n) is 2.18. The molecule has 5 nitrogen and oxygen atoms in total. The number of nitrogens with zero attached hydrogens (tertiary/aromatic N) is 3. The molecule has 1 fully saturated rings. The quantitative estimate of drug-likeness (QED) is 0.837. The van der Waals surface area contributed by atoms with Crippen molar-refractivity contribution < 1.29 is 18.0 Å². The molecule has 1 N–H and O–H groups in total. The molecular formula is C15H15F3N4OS. The van der Waals surface area contributed by atoms with Gasteiger partial charge in [0.05, 0.1) is 0 Å². The normalized spacial score (nSPS) is 16.0. The molecule has 128 valence electrons. The molecule has 1 saturated carbocycles. The third kappa shape index (κ3) is 3.72. The Morgan fingerprint density at radius 1 is 1.29 bits per heavy atom. The van der Waals surface area contributed by atoms with Crippen molar-refractivity contribution in [1.29, 1.82) is 0 Å². The van der Waals surface area contributed by atoms with Crippen molar-refractivity contribution in [2.45, 2.75) is 35.5 Å². The maximum atomic E-state index is 12.8. The summed E-state index contributed by atoms with van der Waals surface area (Å²) >= 11 is 0.961. The highest BCUT2D eigenvalue weighted by Crippen LogP contribution is 2.37. The van der Waals surface area contributed by atoms with Gasteiger partial charge in [0.25, 0.3) is 0 Å². The fraction of sp³-hybridized carbons (Fsp3) is 0.400. The SMILES string of the molecule is Cn1c(S[C@@H](C(=O)NC2CC2)c2ccccc2)nnc1C(F)(F)F. The van der Waals surface area contributed by atoms with Crippen LogP contribution in [-0.4, -0.2) is 26.7 Å². The van der Waals surface area contributed by atoms with Crippen LogP contribution in [0, 0.1) is 0 Å². The van der Waals surface area contributed by atoms with Gasteiger partial charge < -0.3 is 9.88 Å². The van der Waals surface area contributed by atoms with Crippen LogP contribution < -0.4 is 5.32 Å². The molecule has 1 aromatic carbocycles. The second-order valence-corrected chi connectivity index (χ2v) is 6.63. The van der Waals surface area contributed by atoms with Crippen molar-refractivity contribution in [2.75, 3.05) is 0 Å². The number of thioether (sulfide) groups is 1. The number of halogens is 3. The van der Waals surface area contributed by atoms with Gasteiger partial charge in [0.2, 0.25) is 11.7 Å². The van der Waals surface area contributed by atoms with Crippen molar-refractivity contribution in [3.8, 4) is 0 Å². The number of carbonyl (C=O) groups is 1.